The summed E-state index contributed by atoms with van der Waals surface area (Å²) in [5.74, 6) is -0.545. The zero-order valence-corrected chi connectivity index (χ0v) is 20.5. The van der Waals surface area contributed by atoms with Crippen molar-refractivity contribution in [1.29, 1.82) is 5.26 Å². The SMILES string of the molecule is CC(=O)N1C[C@H](C)N(c2cc(-c3cc(C#N)c4c(N)ncnn34)ccc2CS(=O)O)C(=O)C1(C)C. The molecule has 0 radical (unpaired) electrons. The van der Waals surface area contributed by atoms with Crippen LogP contribution in [0.3, 0.4) is 0 Å². The average molecular weight is 496 g/mol. The van der Waals surface area contributed by atoms with Gasteiger partial charge >= 0.3 is 0 Å². The predicted octanol–water partition coefficient (Wildman–Crippen LogP) is 1.93. The summed E-state index contributed by atoms with van der Waals surface area (Å²) in [5, 5.41) is 13.8. The van der Waals surface area contributed by atoms with E-state index in [1.165, 1.54) is 22.7 Å². The second kappa shape index (κ2) is 8.75. The van der Waals surface area contributed by atoms with E-state index in [0.717, 1.165) is 0 Å². The van der Waals surface area contributed by atoms with Crippen LogP contribution in [0.4, 0.5) is 11.5 Å². The summed E-state index contributed by atoms with van der Waals surface area (Å²) in [5.41, 5.74) is 7.65. The minimum Gasteiger partial charge on any atom is -0.382 e. The van der Waals surface area contributed by atoms with Gasteiger partial charge in [0.1, 0.15) is 23.5 Å². The van der Waals surface area contributed by atoms with Gasteiger partial charge in [0.25, 0.3) is 5.91 Å². The van der Waals surface area contributed by atoms with Crippen LogP contribution in [-0.4, -0.2) is 58.2 Å². The highest BCUT2D eigenvalue weighted by Crippen LogP contribution is 2.36. The summed E-state index contributed by atoms with van der Waals surface area (Å²) >= 11 is -2.15. The fourth-order valence-electron chi connectivity index (χ4n) is 4.61. The normalized spacial score (nSPS) is 18.5. The highest BCUT2D eigenvalue weighted by Gasteiger charge is 2.47. The molecule has 1 fully saturated rings. The van der Waals surface area contributed by atoms with E-state index in [1.54, 1.807) is 43.0 Å². The first-order valence-corrected chi connectivity index (χ1v) is 12.1. The van der Waals surface area contributed by atoms with Gasteiger partial charge in [-0.1, -0.05) is 12.1 Å². The van der Waals surface area contributed by atoms with Crippen molar-refractivity contribution in [3.8, 4) is 17.3 Å². The van der Waals surface area contributed by atoms with Crippen molar-refractivity contribution in [2.24, 2.45) is 0 Å². The lowest BCUT2D eigenvalue weighted by atomic mass is 9.93. The molecule has 3 N–H and O–H groups in total. The van der Waals surface area contributed by atoms with Crippen LogP contribution in [0, 0.1) is 11.3 Å². The Morgan fingerprint density at radius 3 is 2.71 bits per heavy atom. The van der Waals surface area contributed by atoms with Crippen LogP contribution in [0.25, 0.3) is 16.8 Å². The monoisotopic (exact) mass is 495 g/mol. The maximum absolute atomic E-state index is 13.7. The summed E-state index contributed by atoms with van der Waals surface area (Å²) < 4.78 is 22.9. The number of carbonyl (C=O) groups is 2. The average Bonchev–Trinajstić information content (AvgIpc) is 3.17. The van der Waals surface area contributed by atoms with Crippen molar-refractivity contribution in [3.05, 3.63) is 41.7 Å². The van der Waals surface area contributed by atoms with E-state index < -0.39 is 22.7 Å². The van der Waals surface area contributed by atoms with Gasteiger partial charge in [-0.2, -0.15) is 10.4 Å². The Balaban J connectivity index is 1.92. The van der Waals surface area contributed by atoms with E-state index in [-0.39, 0.29) is 23.4 Å². The zero-order chi connectivity index (χ0) is 25.7. The van der Waals surface area contributed by atoms with E-state index in [0.29, 0.717) is 40.1 Å². The summed E-state index contributed by atoms with van der Waals surface area (Å²) in [4.78, 5) is 33.0. The Hall–Kier alpha value is -3.82. The van der Waals surface area contributed by atoms with Gasteiger partial charge in [-0.05, 0) is 38.5 Å². The Kier molecular flexibility index (Phi) is 6.08. The van der Waals surface area contributed by atoms with E-state index in [1.807, 2.05) is 6.92 Å². The molecule has 11 nitrogen and oxygen atoms in total. The first kappa shape index (κ1) is 24.3. The van der Waals surface area contributed by atoms with Crippen LogP contribution in [0.2, 0.25) is 0 Å². The molecule has 1 aliphatic heterocycles. The molecule has 4 rings (SSSR count). The Morgan fingerprint density at radius 1 is 1.37 bits per heavy atom. The lowest BCUT2D eigenvalue weighted by Gasteiger charge is -2.49. The summed E-state index contributed by atoms with van der Waals surface area (Å²) in [6.45, 7) is 6.92. The molecule has 1 unspecified atom stereocenters. The number of rotatable bonds is 4. The van der Waals surface area contributed by atoms with E-state index in [2.05, 4.69) is 16.2 Å². The van der Waals surface area contributed by atoms with Crippen molar-refractivity contribution in [3.63, 3.8) is 0 Å². The van der Waals surface area contributed by atoms with Crippen molar-refractivity contribution < 1.29 is 18.4 Å². The lowest BCUT2D eigenvalue weighted by Crippen LogP contribution is -2.67. The third-order valence-electron chi connectivity index (χ3n) is 6.31. The number of nitrogens with zero attached hydrogens (tertiary/aromatic N) is 6. The third-order valence-corrected chi connectivity index (χ3v) is 6.87. The number of hydrogen-bond donors (Lipinski definition) is 2. The Labute approximate surface area is 204 Å². The van der Waals surface area contributed by atoms with Gasteiger partial charge in [0.2, 0.25) is 5.91 Å². The van der Waals surface area contributed by atoms with Crippen LogP contribution in [0.5, 0.6) is 0 Å². The second-order valence-electron chi connectivity index (χ2n) is 8.98. The van der Waals surface area contributed by atoms with E-state index in [9.17, 15) is 23.6 Å². The largest absolute Gasteiger partial charge is 0.382 e. The maximum atomic E-state index is 13.7. The molecule has 35 heavy (non-hydrogen) atoms. The number of carbonyl (C=O) groups excluding carboxylic acids is 2. The molecule has 0 spiro atoms. The number of fused-ring (bicyclic) bond motifs is 1. The van der Waals surface area contributed by atoms with Crippen LogP contribution >= 0.6 is 0 Å². The van der Waals surface area contributed by atoms with Gasteiger partial charge in [-0.15, -0.1) is 0 Å². The number of amides is 2. The van der Waals surface area contributed by atoms with Gasteiger partial charge in [0, 0.05) is 24.7 Å². The van der Waals surface area contributed by atoms with Crippen LogP contribution < -0.4 is 10.6 Å². The topological polar surface area (TPSA) is 158 Å². The molecule has 1 saturated heterocycles. The van der Waals surface area contributed by atoms with Gasteiger partial charge in [-0.25, -0.2) is 13.7 Å². The van der Waals surface area contributed by atoms with Gasteiger partial charge < -0.3 is 20.1 Å². The predicted molar refractivity (Wildman–Crippen MR) is 130 cm³/mol. The molecule has 2 atom stereocenters. The Morgan fingerprint density at radius 2 is 2.09 bits per heavy atom. The molecule has 0 saturated carbocycles. The Bertz CT molecular complexity index is 1430. The molecule has 1 aliphatic rings. The molecule has 2 aromatic heterocycles. The molecule has 0 bridgehead atoms. The number of nitrogen functional groups attached to an aromatic ring is 1. The highest BCUT2D eigenvalue weighted by atomic mass is 32.2. The van der Waals surface area contributed by atoms with Gasteiger partial charge in [0.05, 0.1) is 23.1 Å². The van der Waals surface area contributed by atoms with Gasteiger partial charge in [0.15, 0.2) is 16.9 Å². The molecule has 12 heteroatoms. The fraction of sp³-hybridized carbons (Fsp3) is 0.348. The minimum absolute atomic E-state index is 0.154. The van der Waals surface area contributed by atoms with Crippen molar-refractivity contribution in [2.75, 3.05) is 17.2 Å². The van der Waals surface area contributed by atoms with Crippen LogP contribution in [0.15, 0.2) is 30.6 Å². The maximum Gasteiger partial charge on any atom is 0.252 e. The molecular formula is C23H25N7O4S. The summed E-state index contributed by atoms with van der Waals surface area (Å²) in [6, 6.07) is 8.49. The molecular weight excluding hydrogens is 470 g/mol. The van der Waals surface area contributed by atoms with Crippen LogP contribution in [0.1, 0.15) is 38.8 Å². The molecule has 182 valence electrons. The summed E-state index contributed by atoms with van der Waals surface area (Å²) in [6.07, 6.45) is 1.28. The highest BCUT2D eigenvalue weighted by molar-refractivity contribution is 7.78. The number of piperazine rings is 1. The number of benzene rings is 1. The van der Waals surface area contributed by atoms with Crippen molar-refractivity contribution >= 4 is 39.9 Å². The zero-order valence-electron chi connectivity index (χ0n) is 19.7. The standard InChI is InChI=1S/C23H25N7O4S/c1-13-10-28(14(2)31)23(3,4)22(32)29(13)18-7-15(5-6-16(18)11-35(33)34)19-8-17(9-24)20-21(25)26-12-27-30(19)20/h5-8,12-13H,10-11H2,1-4H3,(H,33,34)(H2,25,26,27)/t13-/m0/s1. The van der Waals surface area contributed by atoms with E-state index >= 15 is 0 Å². The molecule has 2 amide bonds. The minimum atomic E-state index is -2.15. The smallest absolute Gasteiger partial charge is 0.252 e. The fourth-order valence-corrected chi connectivity index (χ4v) is 5.12. The molecule has 0 aliphatic carbocycles. The van der Waals surface area contributed by atoms with E-state index in [4.69, 9.17) is 5.73 Å². The second-order valence-corrected chi connectivity index (χ2v) is 9.91. The molecule has 3 aromatic rings. The third kappa shape index (κ3) is 4.02. The van der Waals surface area contributed by atoms with Crippen molar-refractivity contribution in [2.45, 2.75) is 45.0 Å². The first-order valence-electron chi connectivity index (χ1n) is 10.8. The quantitative estimate of drug-likeness (QED) is 0.520. The van der Waals surface area contributed by atoms with Crippen LogP contribution in [-0.2, 0) is 26.4 Å². The number of anilines is 2. The number of nitriles is 1. The molecule has 1 aromatic carbocycles. The number of nitrogens with two attached hydrogens (primary N) is 1. The lowest BCUT2D eigenvalue weighted by molar-refractivity contribution is -0.146. The first-order chi connectivity index (χ1) is 16.5. The van der Waals surface area contributed by atoms with Gasteiger partial charge in [-0.3, -0.25) is 9.59 Å². The number of hydrogen-bond acceptors (Lipinski definition) is 7. The van der Waals surface area contributed by atoms with Crippen molar-refractivity contribution in [1.82, 2.24) is 19.5 Å². The summed E-state index contributed by atoms with van der Waals surface area (Å²) in [7, 11) is 0. The molecule has 3 heterocycles. The number of aromatic nitrogens is 3.